The molecule has 1 aromatic rings. The molecule has 1 saturated heterocycles. The van der Waals surface area contributed by atoms with E-state index in [0.29, 0.717) is 12.4 Å². The lowest BCUT2D eigenvalue weighted by molar-refractivity contribution is 0.473. The predicted octanol–water partition coefficient (Wildman–Crippen LogP) is 0.767. The van der Waals surface area contributed by atoms with Crippen LogP contribution in [-0.2, 0) is 9.84 Å². The van der Waals surface area contributed by atoms with E-state index in [2.05, 4.69) is 5.10 Å². The van der Waals surface area contributed by atoms with Gasteiger partial charge in [0.15, 0.2) is 20.6 Å². The highest BCUT2D eigenvalue weighted by molar-refractivity contribution is 7.91. The van der Waals surface area contributed by atoms with Gasteiger partial charge in [-0.25, -0.2) is 13.1 Å². The van der Waals surface area contributed by atoms with Gasteiger partial charge < -0.3 is 16.4 Å². The summed E-state index contributed by atoms with van der Waals surface area (Å²) in [6.45, 7) is 5.36. The van der Waals surface area contributed by atoms with E-state index in [4.69, 9.17) is 11.5 Å². The summed E-state index contributed by atoms with van der Waals surface area (Å²) in [7, 11) is -3.44. The molecule has 0 aromatic carbocycles. The molecule has 1 aliphatic rings. The molecule has 0 bridgehead atoms. The Balaban J connectivity index is 2.53. The zero-order valence-electron chi connectivity index (χ0n) is 12.9. The predicted molar refractivity (Wildman–Crippen MR) is 84.2 cm³/mol. The van der Waals surface area contributed by atoms with Gasteiger partial charge in [-0.1, -0.05) is 6.92 Å². The fourth-order valence-corrected chi connectivity index (χ4v) is 3.67. The number of hydrogen-bond donors (Lipinski definition) is 2. The Bertz CT molecular complexity index is 610. The third-order valence-corrected chi connectivity index (χ3v) is 5.15. The molecular weight excluding hydrogens is 290 g/mol. The molecule has 0 spiro atoms. The van der Waals surface area contributed by atoms with Crippen LogP contribution in [0.3, 0.4) is 0 Å². The molecular formula is C13H25N5O2S. The van der Waals surface area contributed by atoms with Crippen LogP contribution in [-0.4, -0.2) is 43.6 Å². The van der Waals surface area contributed by atoms with Crippen molar-refractivity contribution < 1.29 is 8.42 Å². The molecule has 4 N–H and O–H groups in total. The molecule has 0 amide bonds. The number of anilines is 2. The summed E-state index contributed by atoms with van der Waals surface area (Å²) in [4.78, 5) is 2.08. The van der Waals surface area contributed by atoms with E-state index >= 15 is 0 Å². The van der Waals surface area contributed by atoms with E-state index in [1.54, 1.807) is 4.68 Å². The minimum atomic E-state index is -3.44. The summed E-state index contributed by atoms with van der Waals surface area (Å²) >= 11 is 0. The standard InChI is InChI=1S/C13H25N5O2S/c1-4-9(2)18-12(15)11(21(3,19)20)13(16-18)17-7-5-6-10(14)8-17/h9-10H,4-8,14-15H2,1-3H3. The third kappa shape index (κ3) is 3.16. The molecule has 2 unspecified atom stereocenters. The Morgan fingerprint density at radius 3 is 2.67 bits per heavy atom. The van der Waals surface area contributed by atoms with E-state index in [0.717, 1.165) is 25.8 Å². The van der Waals surface area contributed by atoms with Crippen LogP contribution in [0.4, 0.5) is 11.6 Å². The van der Waals surface area contributed by atoms with Gasteiger partial charge in [0.2, 0.25) is 0 Å². The van der Waals surface area contributed by atoms with E-state index in [1.807, 2.05) is 18.7 Å². The molecule has 0 saturated carbocycles. The molecule has 2 atom stereocenters. The van der Waals surface area contributed by atoms with Gasteiger partial charge in [0.05, 0.1) is 6.04 Å². The highest BCUT2D eigenvalue weighted by atomic mass is 32.2. The summed E-state index contributed by atoms with van der Waals surface area (Å²) < 4.78 is 25.9. The molecule has 0 aliphatic carbocycles. The SMILES string of the molecule is CCC(C)n1nc(N2CCCC(N)C2)c(S(C)(=O)=O)c1N. The summed E-state index contributed by atoms with van der Waals surface area (Å²) in [6, 6.07) is 0.0962. The highest BCUT2D eigenvalue weighted by Crippen LogP contribution is 2.33. The lowest BCUT2D eigenvalue weighted by Gasteiger charge is -2.31. The van der Waals surface area contributed by atoms with Crippen LogP contribution in [0.25, 0.3) is 0 Å². The summed E-state index contributed by atoms with van der Waals surface area (Å²) in [5.74, 6) is 0.673. The molecule has 21 heavy (non-hydrogen) atoms. The van der Waals surface area contributed by atoms with Gasteiger partial charge in [-0.05, 0) is 26.2 Å². The van der Waals surface area contributed by atoms with Crippen LogP contribution in [0.5, 0.6) is 0 Å². The summed E-state index contributed by atoms with van der Waals surface area (Å²) in [6.07, 6.45) is 3.88. The number of rotatable bonds is 4. The average Bonchev–Trinajstić information content (AvgIpc) is 2.75. The second-order valence-electron chi connectivity index (χ2n) is 5.86. The van der Waals surface area contributed by atoms with E-state index in [-0.39, 0.29) is 22.8 Å². The molecule has 7 nitrogen and oxygen atoms in total. The fourth-order valence-electron chi connectivity index (χ4n) is 2.69. The molecule has 1 aromatic heterocycles. The van der Waals surface area contributed by atoms with Crippen LogP contribution in [0.2, 0.25) is 0 Å². The van der Waals surface area contributed by atoms with Crippen LogP contribution < -0.4 is 16.4 Å². The van der Waals surface area contributed by atoms with E-state index in [9.17, 15) is 8.42 Å². The van der Waals surface area contributed by atoms with Gasteiger partial charge in [-0.15, -0.1) is 0 Å². The highest BCUT2D eigenvalue weighted by Gasteiger charge is 2.30. The van der Waals surface area contributed by atoms with E-state index in [1.165, 1.54) is 6.26 Å². The minimum Gasteiger partial charge on any atom is -0.383 e. The Morgan fingerprint density at radius 1 is 1.48 bits per heavy atom. The first-order chi connectivity index (χ1) is 9.75. The summed E-state index contributed by atoms with van der Waals surface area (Å²) in [5.41, 5.74) is 12.1. The van der Waals surface area contributed by atoms with Gasteiger partial charge in [0, 0.05) is 25.4 Å². The van der Waals surface area contributed by atoms with Crippen LogP contribution in [0, 0.1) is 0 Å². The quantitative estimate of drug-likeness (QED) is 0.849. The number of nitrogens with zero attached hydrogens (tertiary/aromatic N) is 3. The first-order valence-electron chi connectivity index (χ1n) is 7.34. The Hall–Kier alpha value is -1.28. The lowest BCUT2D eigenvalue weighted by Crippen LogP contribution is -2.43. The maximum atomic E-state index is 12.1. The largest absolute Gasteiger partial charge is 0.383 e. The minimum absolute atomic E-state index is 0.0427. The lowest BCUT2D eigenvalue weighted by atomic mass is 10.1. The van der Waals surface area contributed by atoms with Gasteiger partial charge >= 0.3 is 0 Å². The zero-order valence-corrected chi connectivity index (χ0v) is 13.7. The molecule has 2 rings (SSSR count). The van der Waals surface area contributed by atoms with Gasteiger partial charge in [0.1, 0.15) is 5.82 Å². The molecule has 2 heterocycles. The Labute approximate surface area is 126 Å². The number of hydrogen-bond acceptors (Lipinski definition) is 6. The first kappa shape index (κ1) is 16.1. The number of piperidine rings is 1. The van der Waals surface area contributed by atoms with Crippen molar-refractivity contribution in [3.63, 3.8) is 0 Å². The van der Waals surface area contributed by atoms with Crippen molar-refractivity contribution >= 4 is 21.5 Å². The Kier molecular flexibility index (Phi) is 4.48. The molecule has 0 radical (unpaired) electrons. The number of aromatic nitrogens is 2. The fraction of sp³-hybridized carbons (Fsp3) is 0.769. The third-order valence-electron chi connectivity index (χ3n) is 4.02. The number of nitrogens with two attached hydrogens (primary N) is 2. The number of sulfone groups is 1. The van der Waals surface area contributed by atoms with Crippen molar-refractivity contribution in [2.24, 2.45) is 5.73 Å². The summed E-state index contributed by atoms with van der Waals surface area (Å²) in [5, 5.41) is 4.49. The normalized spacial score (nSPS) is 21.5. The van der Waals surface area contributed by atoms with Crippen molar-refractivity contribution in [1.29, 1.82) is 0 Å². The number of nitrogen functional groups attached to an aromatic ring is 1. The molecule has 1 aliphatic heterocycles. The maximum absolute atomic E-state index is 12.1. The van der Waals surface area contributed by atoms with E-state index < -0.39 is 9.84 Å². The van der Waals surface area contributed by atoms with Crippen LogP contribution >= 0.6 is 0 Å². The second-order valence-corrected chi connectivity index (χ2v) is 7.81. The van der Waals surface area contributed by atoms with Gasteiger partial charge in [-0.3, -0.25) is 0 Å². The Morgan fingerprint density at radius 2 is 2.14 bits per heavy atom. The van der Waals surface area contributed by atoms with Gasteiger partial charge in [0.25, 0.3) is 0 Å². The molecule has 1 fully saturated rings. The second kappa shape index (κ2) is 5.84. The first-order valence-corrected chi connectivity index (χ1v) is 9.23. The van der Waals surface area contributed by atoms with Crippen molar-refractivity contribution in [3.05, 3.63) is 0 Å². The van der Waals surface area contributed by atoms with Crippen LogP contribution in [0.15, 0.2) is 4.90 Å². The molecule has 120 valence electrons. The molecule has 8 heteroatoms. The zero-order chi connectivity index (χ0) is 15.8. The smallest absolute Gasteiger partial charge is 0.182 e. The van der Waals surface area contributed by atoms with Crippen LogP contribution in [0.1, 0.15) is 39.2 Å². The van der Waals surface area contributed by atoms with Gasteiger partial charge in [-0.2, -0.15) is 5.10 Å². The van der Waals surface area contributed by atoms with Crippen molar-refractivity contribution in [1.82, 2.24) is 9.78 Å². The van der Waals surface area contributed by atoms with Crippen molar-refractivity contribution in [3.8, 4) is 0 Å². The topological polar surface area (TPSA) is 107 Å². The average molecular weight is 315 g/mol. The maximum Gasteiger partial charge on any atom is 0.182 e. The monoisotopic (exact) mass is 315 g/mol. The van der Waals surface area contributed by atoms with Crippen molar-refractivity contribution in [2.45, 2.75) is 50.1 Å². The van der Waals surface area contributed by atoms with Crippen molar-refractivity contribution in [2.75, 3.05) is 30.0 Å².